The van der Waals surface area contributed by atoms with E-state index in [0.29, 0.717) is 5.75 Å². The first kappa shape index (κ1) is 10.5. The predicted octanol–water partition coefficient (Wildman–Crippen LogP) is 0.617. The van der Waals surface area contributed by atoms with Gasteiger partial charge in [-0.05, 0) is 24.3 Å². The van der Waals surface area contributed by atoms with Crippen molar-refractivity contribution in [3.8, 4) is 5.75 Å². The highest BCUT2D eigenvalue weighted by Crippen LogP contribution is 2.17. The Morgan fingerprint density at radius 2 is 1.93 bits per heavy atom. The zero-order chi connectivity index (χ0) is 10.6. The minimum Gasteiger partial charge on any atom is -0.426 e. The number of anilines is 1. The smallest absolute Gasteiger partial charge is 0.325 e. The molecule has 2 N–H and O–H groups in total. The van der Waals surface area contributed by atoms with Gasteiger partial charge in [0.1, 0.15) is 5.75 Å². The number of nitrogens with two attached hydrogens (primary N) is 1. The monoisotopic (exact) mass is 194 g/mol. The van der Waals surface area contributed by atoms with Gasteiger partial charge in [-0.15, -0.1) is 0 Å². The Morgan fingerprint density at radius 1 is 1.36 bits per heavy atom. The first-order chi connectivity index (χ1) is 6.63. The van der Waals surface area contributed by atoms with Crippen LogP contribution in [-0.4, -0.2) is 26.6 Å². The molecule has 0 radical (unpaired) electrons. The Balaban J connectivity index is 2.69. The maximum absolute atomic E-state index is 10.8. The van der Waals surface area contributed by atoms with Crippen LogP contribution in [0.4, 0.5) is 5.69 Å². The number of ether oxygens (including phenoxy) is 1. The van der Waals surface area contributed by atoms with Crippen LogP contribution >= 0.6 is 0 Å². The number of nitrogens with zero attached hydrogens (tertiary/aromatic N) is 1. The van der Waals surface area contributed by atoms with Gasteiger partial charge >= 0.3 is 5.97 Å². The van der Waals surface area contributed by atoms with Gasteiger partial charge in [-0.1, -0.05) is 0 Å². The minimum absolute atomic E-state index is 0.102. The standard InChI is InChI=1S/C10H14N2O2/c1-12(2)8-3-5-9(6-4-8)14-10(13)7-11/h3-6H,7,11H2,1-2H3. The van der Waals surface area contributed by atoms with Crippen LogP contribution in [0.2, 0.25) is 0 Å². The molecule has 0 fully saturated rings. The molecule has 14 heavy (non-hydrogen) atoms. The average Bonchev–Trinajstić information content (AvgIpc) is 2.18. The van der Waals surface area contributed by atoms with Gasteiger partial charge in [0, 0.05) is 19.8 Å². The fourth-order valence-electron chi connectivity index (χ4n) is 0.985. The second-order valence-corrected chi connectivity index (χ2v) is 3.07. The van der Waals surface area contributed by atoms with Crippen molar-refractivity contribution in [1.82, 2.24) is 0 Å². The van der Waals surface area contributed by atoms with Crippen LogP contribution in [0.3, 0.4) is 0 Å². The Bertz CT molecular complexity index is 306. The number of carbonyl (C=O) groups excluding carboxylic acids is 1. The third kappa shape index (κ3) is 2.74. The topological polar surface area (TPSA) is 55.6 Å². The van der Waals surface area contributed by atoms with Crippen molar-refractivity contribution in [1.29, 1.82) is 0 Å². The van der Waals surface area contributed by atoms with Crippen molar-refractivity contribution in [2.75, 3.05) is 25.5 Å². The zero-order valence-electron chi connectivity index (χ0n) is 8.36. The van der Waals surface area contributed by atoms with E-state index in [2.05, 4.69) is 0 Å². The van der Waals surface area contributed by atoms with E-state index in [1.165, 1.54) is 0 Å². The average molecular weight is 194 g/mol. The number of hydrogen-bond acceptors (Lipinski definition) is 4. The van der Waals surface area contributed by atoms with Crippen LogP contribution < -0.4 is 15.4 Å². The van der Waals surface area contributed by atoms with Crippen molar-refractivity contribution in [2.24, 2.45) is 5.73 Å². The molecule has 76 valence electrons. The maximum Gasteiger partial charge on any atom is 0.325 e. The summed E-state index contributed by atoms with van der Waals surface area (Å²) in [5, 5.41) is 0. The summed E-state index contributed by atoms with van der Waals surface area (Å²) < 4.78 is 4.92. The maximum atomic E-state index is 10.8. The van der Waals surface area contributed by atoms with Crippen molar-refractivity contribution in [3.05, 3.63) is 24.3 Å². The third-order valence-corrected chi connectivity index (χ3v) is 1.75. The van der Waals surface area contributed by atoms with Crippen LogP contribution in [0, 0.1) is 0 Å². The van der Waals surface area contributed by atoms with Crippen LogP contribution in [0.5, 0.6) is 5.75 Å². The lowest BCUT2D eigenvalue weighted by Crippen LogP contribution is -2.19. The molecule has 0 amide bonds. The SMILES string of the molecule is CN(C)c1ccc(OC(=O)CN)cc1. The normalized spacial score (nSPS) is 9.64. The lowest BCUT2D eigenvalue weighted by Gasteiger charge is -2.12. The molecular formula is C10H14N2O2. The molecule has 0 unspecified atom stereocenters. The molecule has 1 aromatic rings. The Kier molecular flexibility index (Phi) is 3.48. The van der Waals surface area contributed by atoms with Crippen molar-refractivity contribution in [2.45, 2.75) is 0 Å². The van der Waals surface area contributed by atoms with E-state index in [9.17, 15) is 4.79 Å². The molecular weight excluding hydrogens is 180 g/mol. The molecule has 4 nitrogen and oxygen atoms in total. The van der Waals surface area contributed by atoms with E-state index in [4.69, 9.17) is 10.5 Å². The molecule has 0 aliphatic heterocycles. The summed E-state index contributed by atoms with van der Waals surface area (Å²) in [6.45, 7) is -0.102. The lowest BCUT2D eigenvalue weighted by atomic mass is 10.3. The van der Waals surface area contributed by atoms with Crippen LogP contribution in [-0.2, 0) is 4.79 Å². The van der Waals surface area contributed by atoms with Crippen LogP contribution in [0.25, 0.3) is 0 Å². The van der Waals surface area contributed by atoms with Gasteiger partial charge in [0.15, 0.2) is 0 Å². The summed E-state index contributed by atoms with van der Waals surface area (Å²) in [5.74, 6) is 0.0913. The first-order valence-electron chi connectivity index (χ1n) is 4.31. The summed E-state index contributed by atoms with van der Waals surface area (Å²) >= 11 is 0. The summed E-state index contributed by atoms with van der Waals surface area (Å²) in [4.78, 5) is 12.8. The molecule has 0 heterocycles. The van der Waals surface area contributed by atoms with Gasteiger partial charge < -0.3 is 15.4 Å². The zero-order valence-corrected chi connectivity index (χ0v) is 8.36. The molecule has 0 bridgehead atoms. The van der Waals surface area contributed by atoms with Gasteiger partial charge in [0.25, 0.3) is 0 Å². The fourth-order valence-corrected chi connectivity index (χ4v) is 0.985. The van der Waals surface area contributed by atoms with E-state index < -0.39 is 5.97 Å². The molecule has 4 heteroatoms. The highest BCUT2D eigenvalue weighted by atomic mass is 16.5. The van der Waals surface area contributed by atoms with Crippen LogP contribution in [0.1, 0.15) is 0 Å². The first-order valence-corrected chi connectivity index (χ1v) is 4.31. The molecule has 0 spiro atoms. The van der Waals surface area contributed by atoms with Gasteiger partial charge in [-0.2, -0.15) is 0 Å². The quantitative estimate of drug-likeness (QED) is 0.566. The van der Waals surface area contributed by atoms with E-state index in [1.54, 1.807) is 12.1 Å². The van der Waals surface area contributed by atoms with Gasteiger partial charge in [-0.3, -0.25) is 4.79 Å². The van der Waals surface area contributed by atoms with Crippen molar-refractivity contribution >= 4 is 11.7 Å². The van der Waals surface area contributed by atoms with Crippen LogP contribution in [0.15, 0.2) is 24.3 Å². The fraction of sp³-hybridized carbons (Fsp3) is 0.300. The molecule has 0 aliphatic rings. The highest BCUT2D eigenvalue weighted by Gasteiger charge is 2.01. The second-order valence-electron chi connectivity index (χ2n) is 3.07. The molecule has 1 aromatic carbocycles. The lowest BCUT2D eigenvalue weighted by molar-refractivity contribution is -0.132. The number of benzene rings is 1. The third-order valence-electron chi connectivity index (χ3n) is 1.75. The molecule has 0 aromatic heterocycles. The number of hydrogen-bond donors (Lipinski definition) is 1. The summed E-state index contributed by atoms with van der Waals surface area (Å²) in [7, 11) is 3.89. The molecule has 1 rings (SSSR count). The van der Waals surface area contributed by atoms with Gasteiger partial charge in [-0.25, -0.2) is 0 Å². The number of esters is 1. The molecule has 0 aliphatic carbocycles. The Hall–Kier alpha value is -1.55. The van der Waals surface area contributed by atoms with E-state index in [-0.39, 0.29) is 6.54 Å². The summed E-state index contributed by atoms with van der Waals surface area (Å²) in [5.41, 5.74) is 6.17. The summed E-state index contributed by atoms with van der Waals surface area (Å²) in [6, 6.07) is 7.23. The van der Waals surface area contributed by atoms with E-state index in [1.807, 2.05) is 31.1 Å². The van der Waals surface area contributed by atoms with E-state index >= 15 is 0 Å². The van der Waals surface area contributed by atoms with Crippen molar-refractivity contribution < 1.29 is 9.53 Å². The molecule has 0 saturated carbocycles. The minimum atomic E-state index is -0.428. The molecule has 0 saturated heterocycles. The summed E-state index contributed by atoms with van der Waals surface area (Å²) in [6.07, 6.45) is 0. The second kappa shape index (κ2) is 4.62. The van der Waals surface area contributed by atoms with Gasteiger partial charge in [0.2, 0.25) is 0 Å². The highest BCUT2D eigenvalue weighted by molar-refractivity contribution is 5.74. The largest absolute Gasteiger partial charge is 0.426 e. The molecule has 0 atom stereocenters. The predicted molar refractivity (Wildman–Crippen MR) is 55.5 cm³/mol. The van der Waals surface area contributed by atoms with Gasteiger partial charge in [0.05, 0.1) is 6.54 Å². The number of carbonyl (C=O) groups is 1. The van der Waals surface area contributed by atoms with E-state index in [0.717, 1.165) is 5.69 Å². The Morgan fingerprint density at radius 3 is 2.36 bits per heavy atom. The Labute approximate surface area is 83.3 Å². The number of rotatable bonds is 3. The van der Waals surface area contributed by atoms with Crippen molar-refractivity contribution in [3.63, 3.8) is 0 Å².